The molecule has 0 aliphatic rings. The van der Waals surface area contributed by atoms with Crippen LogP contribution in [-0.2, 0) is 6.42 Å². The van der Waals surface area contributed by atoms with E-state index in [9.17, 15) is 8.78 Å². The van der Waals surface area contributed by atoms with Gasteiger partial charge in [0.1, 0.15) is 5.82 Å². The summed E-state index contributed by atoms with van der Waals surface area (Å²) >= 11 is 0. The van der Waals surface area contributed by atoms with E-state index >= 15 is 0 Å². The van der Waals surface area contributed by atoms with Crippen LogP contribution in [0.25, 0.3) is 0 Å². The quantitative estimate of drug-likeness (QED) is 0.573. The van der Waals surface area contributed by atoms with Gasteiger partial charge in [0.05, 0.1) is 18.2 Å². The van der Waals surface area contributed by atoms with Gasteiger partial charge in [-0.1, -0.05) is 0 Å². The van der Waals surface area contributed by atoms with Gasteiger partial charge in [0.15, 0.2) is 0 Å². The first-order valence-corrected chi connectivity index (χ1v) is 2.91. The molecule has 0 unspecified atom stereocenters. The van der Waals surface area contributed by atoms with Crippen molar-refractivity contribution in [2.24, 2.45) is 0 Å². The number of nitriles is 1. The summed E-state index contributed by atoms with van der Waals surface area (Å²) < 4.78 is 24.7. The minimum atomic E-state index is -0.893. The second-order valence-electron chi connectivity index (χ2n) is 1.93. The molecule has 1 aromatic heterocycles. The molecular formula is C7H4F2N2. The van der Waals surface area contributed by atoms with E-state index in [0.29, 0.717) is 6.07 Å². The molecule has 11 heavy (non-hydrogen) atoms. The maximum atomic E-state index is 12.4. The summed E-state index contributed by atoms with van der Waals surface area (Å²) in [7, 11) is 0. The van der Waals surface area contributed by atoms with Gasteiger partial charge in [-0.3, -0.25) is 0 Å². The van der Waals surface area contributed by atoms with Gasteiger partial charge < -0.3 is 0 Å². The minimum absolute atomic E-state index is 0.0747. The summed E-state index contributed by atoms with van der Waals surface area (Å²) in [5, 5.41) is 8.17. The van der Waals surface area contributed by atoms with Crippen LogP contribution in [0.5, 0.6) is 0 Å². The monoisotopic (exact) mass is 154 g/mol. The van der Waals surface area contributed by atoms with Crippen LogP contribution in [0.1, 0.15) is 5.69 Å². The van der Waals surface area contributed by atoms with E-state index in [1.165, 1.54) is 0 Å². The molecule has 0 atom stereocenters. The Kier molecular flexibility index (Phi) is 2.12. The van der Waals surface area contributed by atoms with Gasteiger partial charge >= 0.3 is 0 Å². The van der Waals surface area contributed by atoms with Gasteiger partial charge in [0.25, 0.3) is 0 Å². The van der Waals surface area contributed by atoms with Crippen LogP contribution < -0.4 is 0 Å². The molecule has 0 saturated carbocycles. The van der Waals surface area contributed by atoms with Crippen LogP contribution >= 0.6 is 0 Å². The topological polar surface area (TPSA) is 36.7 Å². The van der Waals surface area contributed by atoms with Crippen LogP contribution in [-0.4, -0.2) is 4.98 Å². The van der Waals surface area contributed by atoms with Crippen LogP contribution in [0.15, 0.2) is 12.1 Å². The van der Waals surface area contributed by atoms with Crippen LogP contribution in [0.4, 0.5) is 8.78 Å². The Morgan fingerprint density at radius 1 is 1.45 bits per heavy atom. The summed E-state index contributed by atoms with van der Waals surface area (Å²) in [6.07, 6.45) is -0.0747. The smallest absolute Gasteiger partial charge is 0.216 e. The number of hydrogen-bond acceptors (Lipinski definition) is 2. The average Bonchev–Trinajstić information content (AvgIpc) is 1.85. The zero-order valence-corrected chi connectivity index (χ0v) is 5.51. The zero-order valence-electron chi connectivity index (χ0n) is 5.51. The lowest BCUT2D eigenvalue weighted by Gasteiger charge is -1.93. The number of halogens is 2. The van der Waals surface area contributed by atoms with E-state index in [4.69, 9.17) is 5.26 Å². The Morgan fingerprint density at radius 3 is 2.73 bits per heavy atom. The van der Waals surface area contributed by atoms with Crippen molar-refractivity contribution in [1.29, 1.82) is 5.26 Å². The highest BCUT2D eigenvalue weighted by Crippen LogP contribution is 2.03. The molecule has 0 spiro atoms. The molecule has 0 aromatic carbocycles. The van der Waals surface area contributed by atoms with Crippen molar-refractivity contribution in [1.82, 2.24) is 4.98 Å². The van der Waals surface area contributed by atoms with E-state index in [1.54, 1.807) is 6.07 Å². The lowest BCUT2D eigenvalue weighted by molar-refractivity contribution is 0.546. The first kappa shape index (κ1) is 7.61. The molecule has 56 valence electrons. The van der Waals surface area contributed by atoms with Crippen molar-refractivity contribution in [3.05, 3.63) is 29.6 Å². The summed E-state index contributed by atoms with van der Waals surface area (Å²) in [6.45, 7) is 0. The van der Waals surface area contributed by atoms with Crippen molar-refractivity contribution >= 4 is 0 Å². The first-order valence-electron chi connectivity index (χ1n) is 2.91. The molecule has 0 bridgehead atoms. The molecule has 0 aliphatic heterocycles. The van der Waals surface area contributed by atoms with Gasteiger partial charge in [-0.2, -0.15) is 9.65 Å². The molecule has 1 heterocycles. The normalized spacial score (nSPS) is 9.18. The van der Waals surface area contributed by atoms with E-state index in [0.717, 1.165) is 6.07 Å². The van der Waals surface area contributed by atoms with Crippen LogP contribution in [0.3, 0.4) is 0 Å². The summed E-state index contributed by atoms with van der Waals surface area (Å²) in [5.74, 6) is -1.60. The fourth-order valence-corrected chi connectivity index (χ4v) is 0.688. The molecule has 0 amide bonds. The molecular weight excluding hydrogens is 150 g/mol. The summed E-state index contributed by atoms with van der Waals surface area (Å²) in [5.41, 5.74) is 0.116. The maximum Gasteiger partial charge on any atom is 0.216 e. The van der Waals surface area contributed by atoms with Crippen LogP contribution in [0.2, 0.25) is 0 Å². The van der Waals surface area contributed by atoms with Crippen molar-refractivity contribution in [3.8, 4) is 6.07 Å². The number of nitrogens with zero attached hydrogens (tertiary/aromatic N) is 2. The lowest BCUT2D eigenvalue weighted by Crippen LogP contribution is -1.93. The number of rotatable bonds is 1. The minimum Gasteiger partial charge on any atom is -0.224 e. The molecule has 4 heteroatoms. The SMILES string of the molecule is N#CCc1cc(F)cc(F)n1. The summed E-state index contributed by atoms with van der Waals surface area (Å²) in [4.78, 5) is 3.29. The van der Waals surface area contributed by atoms with E-state index in [2.05, 4.69) is 4.98 Å². The van der Waals surface area contributed by atoms with Crippen molar-refractivity contribution < 1.29 is 8.78 Å². The van der Waals surface area contributed by atoms with Crippen LogP contribution in [0, 0.1) is 23.1 Å². The van der Waals surface area contributed by atoms with Gasteiger partial charge in [-0.05, 0) is 6.07 Å². The number of aromatic nitrogens is 1. The Balaban J connectivity index is 3.01. The third kappa shape index (κ3) is 1.97. The van der Waals surface area contributed by atoms with Gasteiger partial charge in [-0.15, -0.1) is 0 Å². The van der Waals surface area contributed by atoms with Crippen molar-refractivity contribution in [2.75, 3.05) is 0 Å². The van der Waals surface area contributed by atoms with E-state index in [-0.39, 0.29) is 12.1 Å². The van der Waals surface area contributed by atoms with Gasteiger partial charge in [0, 0.05) is 6.07 Å². The standard InChI is InChI=1S/C7H4F2N2/c8-5-3-6(1-2-10)11-7(9)4-5/h3-4H,1H2. The highest BCUT2D eigenvalue weighted by molar-refractivity contribution is 5.10. The molecule has 1 rings (SSSR count). The zero-order chi connectivity index (χ0) is 8.27. The molecule has 0 fully saturated rings. The highest BCUT2D eigenvalue weighted by Gasteiger charge is 2.00. The van der Waals surface area contributed by atoms with Crippen molar-refractivity contribution in [2.45, 2.75) is 6.42 Å². The van der Waals surface area contributed by atoms with E-state index in [1.807, 2.05) is 0 Å². The molecule has 0 radical (unpaired) electrons. The fraction of sp³-hybridized carbons (Fsp3) is 0.143. The largest absolute Gasteiger partial charge is 0.224 e. The van der Waals surface area contributed by atoms with Gasteiger partial charge in [0.2, 0.25) is 5.95 Å². The Morgan fingerprint density at radius 2 is 2.18 bits per heavy atom. The van der Waals surface area contributed by atoms with Gasteiger partial charge in [-0.25, -0.2) is 9.37 Å². The second kappa shape index (κ2) is 3.06. The van der Waals surface area contributed by atoms with E-state index < -0.39 is 11.8 Å². The molecule has 0 saturated heterocycles. The maximum absolute atomic E-state index is 12.4. The molecule has 0 N–H and O–H groups in total. The lowest BCUT2D eigenvalue weighted by atomic mass is 10.3. The number of hydrogen-bond donors (Lipinski definition) is 0. The molecule has 2 nitrogen and oxygen atoms in total. The average molecular weight is 154 g/mol. The fourth-order valence-electron chi connectivity index (χ4n) is 0.688. The molecule has 0 aliphatic carbocycles. The third-order valence-electron chi connectivity index (χ3n) is 1.07. The first-order chi connectivity index (χ1) is 5.22. The predicted molar refractivity (Wildman–Crippen MR) is 33.5 cm³/mol. The third-order valence-corrected chi connectivity index (χ3v) is 1.07. The Labute approximate surface area is 62.1 Å². The second-order valence-corrected chi connectivity index (χ2v) is 1.93. The Bertz CT molecular complexity index is 284. The Hall–Kier alpha value is -1.50. The molecule has 1 aromatic rings. The van der Waals surface area contributed by atoms with Crippen molar-refractivity contribution in [3.63, 3.8) is 0 Å². The highest BCUT2D eigenvalue weighted by atomic mass is 19.1. The predicted octanol–water partition coefficient (Wildman–Crippen LogP) is 1.43. The summed E-state index contributed by atoms with van der Waals surface area (Å²) in [6, 6.07) is 3.44. The number of pyridine rings is 1.